The molecule has 0 bridgehead atoms. The Hall–Kier alpha value is -0.870. The van der Waals surface area contributed by atoms with Crippen LogP contribution in [0.1, 0.15) is 37.9 Å². The van der Waals surface area contributed by atoms with E-state index < -0.39 is 0 Å². The van der Waals surface area contributed by atoms with Crippen molar-refractivity contribution in [3.05, 3.63) is 18.2 Å². The average Bonchev–Trinajstić information content (AvgIpc) is 2.71. The number of aromatic nitrogens is 2. The highest BCUT2D eigenvalue weighted by molar-refractivity contribution is 4.88. The number of nitrogens with zero attached hydrogens (tertiary/aromatic N) is 1. The second kappa shape index (κ2) is 6.01. The van der Waals surface area contributed by atoms with Crippen molar-refractivity contribution in [2.45, 2.75) is 44.7 Å². The molecule has 1 aliphatic rings. The second-order valence-corrected chi connectivity index (χ2v) is 4.60. The smallest absolute Gasteiger partial charge is 0.120 e. The molecule has 0 spiro atoms. The van der Waals surface area contributed by atoms with Gasteiger partial charge in [0.15, 0.2) is 0 Å². The van der Waals surface area contributed by atoms with E-state index in [1.165, 1.54) is 25.7 Å². The Bertz CT molecular complexity index is 286. The van der Waals surface area contributed by atoms with E-state index in [-0.39, 0.29) is 0 Å². The molecule has 16 heavy (non-hydrogen) atoms. The quantitative estimate of drug-likeness (QED) is 0.677. The molecule has 0 radical (unpaired) electrons. The number of aromatic amines is 1. The number of hydrogen-bond donors (Lipinski definition) is 3. The van der Waals surface area contributed by atoms with E-state index in [0.29, 0.717) is 18.6 Å². The van der Waals surface area contributed by atoms with Crippen molar-refractivity contribution in [1.29, 1.82) is 0 Å². The number of rotatable bonds is 4. The van der Waals surface area contributed by atoms with E-state index in [0.717, 1.165) is 18.8 Å². The number of nitrogens with one attached hydrogen (secondary N) is 2. The summed E-state index contributed by atoms with van der Waals surface area (Å²) in [5.41, 5.74) is 0. The first kappa shape index (κ1) is 11.6. The van der Waals surface area contributed by atoms with Gasteiger partial charge in [-0.25, -0.2) is 4.98 Å². The Morgan fingerprint density at radius 3 is 3.00 bits per heavy atom. The van der Waals surface area contributed by atoms with Gasteiger partial charge < -0.3 is 15.4 Å². The van der Waals surface area contributed by atoms with Crippen molar-refractivity contribution >= 4 is 0 Å². The van der Waals surface area contributed by atoms with Gasteiger partial charge in [-0.05, 0) is 18.8 Å². The zero-order valence-electron chi connectivity index (χ0n) is 9.65. The minimum absolute atomic E-state index is 0.301. The van der Waals surface area contributed by atoms with Gasteiger partial charge in [-0.15, -0.1) is 0 Å². The number of imidazole rings is 1. The summed E-state index contributed by atoms with van der Waals surface area (Å²) >= 11 is 0. The van der Waals surface area contributed by atoms with Crippen molar-refractivity contribution in [3.8, 4) is 0 Å². The van der Waals surface area contributed by atoms with E-state index >= 15 is 0 Å². The molecule has 1 aromatic rings. The van der Waals surface area contributed by atoms with Gasteiger partial charge in [0.2, 0.25) is 0 Å². The van der Waals surface area contributed by atoms with Gasteiger partial charge in [0.1, 0.15) is 5.82 Å². The zero-order chi connectivity index (χ0) is 11.2. The molecule has 1 aromatic heterocycles. The summed E-state index contributed by atoms with van der Waals surface area (Å²) in [5, 5.41) is 12.9. The average molecular weight is 223 g/mol. The molecule has 2 rings (SSSR count). The van der Waals surface area contributed by atoms with Crippen LogP contribution in [0.3, 0.4) is 0 Å². The summed E-state index contributed by atoms with van der Waals surface area (Å²) < 4.78 is 0. The van der Waals surface area contributed by atoms with E-state index in [9.17, 15) is 5.11 Å². The lowest BCUT2D eigenvalue weighted by Crippen LogP contribution is -2.37. The van der Waals surface area contributed by atoms with Crippen LogP contribution in [0.5, 0.6) is 0 Å². The fourth-order valence-corrected chi connectivity index (χ4v) is 2.49. The van der Waals surface area contributed by atoms with E-state index in [1.807, 2.05) is 6.20 Å². The van der Waals surface area contributed by atoms with Gasteiger partial charge >= 0.3 is 0 Å². The molecule has 90 valence electrons. The maximum Gasteiger partial charge on any atom is 0.120 e. The molecular weight excluding hydrogens is 202 g/mol. The maximum absolute atomic E-state index is 9.38. The van der Waals surface area contributed by atoms with Crippen molar-refractivity contribution < 1.29 is 5.11 Å². The molecule has 0 aliphatic heterocycles. The van der Waals surface area contributed by atoms with Crippen LogP contribution in [0, 0.1) is 5.92 Å². The number of H-pyrrole nitrogens is 1. The predicted octanol–water partition coefficient (Wildman–Crippen LogP) is 1.44. The van der Waals surface area contributed by atoms with Gasteiger partial charge in [-0.3, -0.25) is 0 Å². The molecule has 1 fully saturated rings. The minimum atomic E-state index is 0.301. The van der Waals surface area contributed by atoms with Crippen LogP contribution in [0.25, 0.3) is 0 Å². The monoisotopic (exact) mass is 223 g/mol. The molecule has 1 saturated carbocycles. The Labute approximate surface area is 96.5 Å². The fraction of sp³-hybridized carbons (Fsp3) is 0.750. The second-order valence-electron chi connectivity index (χ2n) is 4.60. The zero-order valence-corrected chi connectivity index (χ0v) is 9.65. The highest BCUT2D eigenvalue weighted by Crippen LogP contribution is 2.23. The molecule has 4 heteroatoms. The normalized spacial score (nSPS) is 26.6. The summed E-state index contributed by atoms with van der Waals surface area (Å²) in [6, 6.07) is 0.442. The highest BCUT2D eigenvalue weighted by atomic mass is 16.3. The topological polar surface area (TPSA) is 60.9 Å². The molecule has 0 saturated heterocycles. The standard InChI is InChI=1S/C12H21N3O/c16-9-10-4-2-1-3-5-11(10)15-8-12-13-6-7-14-12/h6-7,10-11,15-16H,1-5,8-9H2,(H,13,14). The van der Waals surface area contributed by atoms with Crippen molar-refractivity contribution in [2.75, 3.05) is 6.61 Å². The number of aliphatic hydroxyl groups excluding tert-OH is 1. The van der Waals surface area contributed by atoms with Crippen LogP contribution in [0.4, 0.5) is 0 Å². The maximum atomic E-state index is 9.38. The van der Waals surface area contributed by atoms with Crippen LogP contribution < -0.4 is 5.32 Å². The molecule has 2 atom stereocenters. The van der Waals surface area contributed by atoms with Crippen LogP contribution in [0.2, 0.25) is 0 Å². The summed E-state index contributed by atoms with van der Waals surface area (Å²) in [7, 11) is 0. The van der Waals surface area contributed by atoms with Crippen LogP contribution in [-0.2, 0) is 6.54 Å². The Morgan fingerprint density at radius 2 is 2.25 bits per heavy atom. The van der Waals surface area contributed by atoms with E-state index in [1.54, 1.807) is 6.20 Å². The first-order valence-corrected chi connectivity index (χ1v) is 6.22. The molecule has 3 N–H and O–H groups in total. The Kier molecular flexibility index (Phi) is 4.36. The predicted molar refractivity (Wildman–Crippen MR) is 62.9 cm³/mol. The molecule has 2 unspecified atom stereocenters. The van der Waals surface area contributed by atoms with Gasteiger partial charge in [-0.2, -0.15) is 0 Å². The first-order chi connectivity index (χ1) is 7.90. The molecule has 4 nitrogen and oxygen atoms in total. The third kappa shape index (κ3) is 3.06. The lowest BCUT2D eigenvalue weighted by Gasteiger charge is -2.24. The van der Waals surface area contributed by atoms with E-state index in [4.69, 9.17) is 0 Å². The van der Waals surface area contributed by atoms with Gasteiger partial charge in [0.25, 0.3) is 0 Å². The lowest BCUT2D eigenvalue weighted by molar-refractivity contribution is 0.180. The molecule has 1 heterocycles. The molecule has 0 aromatic carbocycles. The molecular formula is C12H21N3O. The minimum Gasteiger partial charge on any atom is -0.396 e. The summed E-state index contributed by atoms with van der Waals surface area (Å²) in [6.07, 6.45) is 9.76. The number of hydrogen-bond acceptors (Lipinski definition) is 3. The van der Waals surface area contributed by atoms with Gasteiger partial charge in [-0.1, -0.05) is 19.3 Å². The third-order valence-electron chi connectivity index (χ3n) is 3.48. The van der Waals surface area contributed by atoms with E-state index in [2.05, 4.69) is 15.3 Å². The van der Waals surface area contributed by atoms with Crippen molar-refractivity contribution in [1.82, 2.24) is 15.3 Å². The van der Waals surface area contributed by atoms with Crippen molar-refractivity contribution in [3.63, 3.8) is 0 Å². The molecule has 1 aliphatic carbocycles. The van der Waals surface area contributed by atoms with Gasteiger partial charge in [0, 0.05) is 25.0 Å². The summed E-state index contributed by atoms with van der Waals surface area (Å²) in [4.78, 5) is 7.28. The lowest BCUT2D eigenvalue weighted by atomic mass is 9.96. The fourth-order valence-electron chi connectivity index (χ4n) is 2.49. The Balaban J connectivity index is 1.85. The van der Waals surface area contributed by atoms with Crippen LogP contribution in [0.15, 0.2) is 12.4 Å². The largest absolute Gasteiger partial charge is 0.396 e. The first-order valence-electron chi connectivity index (χ1n) is 6.22. The highest BCUT2D eigenvalue weighted by Gasteiger charge is 2.22. The number of aliphatic hydroxyl groups is 1. The Morgan fingerprint density at radius 1 is 1.38 bits per heavy atom. The van der Waals surface area contributed by atoms with Gasteiger partial charge in [0.05, 0.1) is 6.54 Å². The third-order valence-corrected chi connectivity index (χ3v) is 3.48. The van der Waals surface area contributed by atoms with Crippen LogP contribution >= 0.6 is 0 Å². The summed E-state index contributed by atoms with van der Waals surface area (Å²) in [5.74, 6) is 1.39. The SMILES string of the molecule is OCC1CCCCCC1NCc1ncc[nH]1. The van der Waals surface area contributed by atoms with Crippen LogP contribution in [-0.4, -0.2) is 27.7 Å². The molecule has 0 amide bonds. The van der Waals surface area contributed by atoms with Crippen molar-refractivity contribution in [2.24, 2.45) is 5.92 Å². The summed E-state index contributed by atoms with van der Waals surface area (Å²) in [6.45, 7) is 1.07.